The molecule has 9 heteroatoms. The highest BCUT2D eigenvalue weighted by Crippen LogP contribution is 2.60. The number of aliphatic hydroxyl groups excluding tert-OH is 1. The maximum absolute atomic E-state index is 15.9. The van der Waals surface area contributed by atoms with Gasteiger partial charge in [-0.1, -0.05) is 59.3 Å². The molecule has 0 aromatic heterocycles. The Labute approximate surface area is 227 Å². The number of carbonyl (C=O) groups excluding carboxylic acids is 2. The number of carbonyl (C=O) groups is 2. The first-order valence-corrected chi connectivity index (χ1v) is 16.3. The van der Waals surface area contributed by atoms with Gasteiger partial charge in [-0.25, -0.2) is 0 Å². The highest BCUT2D eigenvalue weighted by Gasteiger charge is 2.66. The van der Waals surface area contributed by atoms with Crippen molar-refractivity contribution in [1.82, 2.24) is 4.90 Å². The van der Waals surface area contributed by atoms with E-state index in [1.54, 1.807) is 29.0 Å². The highest BCUT2D eigenvalue weighted by molar-refractivity contribution is 9.10. The summed E-state index contributed by atoms with van der Waals surface area (Å²) in [5.41, 5.74) is 0.382. The van der Waals surface area contributed by atoms with Crippen LogP contribution in [0.25, 0.3) is 0 Å². The number of halogens is 2. The molecule has 0 aliphatic carbocycles. The van der Waals surface area contributed by atoms with Crippen molar-refractivity contribution in [2.45, 2.75) is 50.2 Å². The molecular formula is C28H34BrFN2O4Si. The van der Waals surface area contributed by atoms with Gasteiger partial charge in [-0.15, -0.1) is 6.58 Å². The van der Waals surface area contributed by atoms with Crippen LogP contribution in [0.5, 0.6) is 0 Å². The van der Waals surface area contributed by atoms with E-state index in [2.05, 4.69) is 22.5 Å². The van der Waals surface area contributed by atoms with Crippen LogP contribution in [0.1, 0.15) is 24.5 Å². The minimum Gasteiger partial charge on any atom is -0.395 e. The molecule has 0 unspecified atom stereocenters. The van der Waals surface area contributed by atoms with E-state index < -0.39 is 31.6 Å². The zero-order valence-corrected chi connectivity index (χ0v) is 24.1. The third kappa shape index (κ3) is 5.06. The first-order chi connectivity index (χ1) is 17.5. The van der Waals surface area contributed by atoms with Gasteiger partial charge in [0.25, 0.3) is 5.91 Å². The monoisotopic (exact) mass is 588 g/mol. The molecule has 6 nitrogen and oxygen atoms in total. The Morgan fingerprint density at radius 3 is 2.62 bits per heavy atom. The van der Waals surface area contributed by atoms with E-state index in [-0.39, 0.29) is 31.4 Å². The Morgan fingerprint density at radius 1 is 1.30 bits per heavy atom. The van der Waals surface area contributed by atoms with Crippen molar-refractivity contribution in [2.75, 3.05) is 24.6 Å². The van der Waals surface area contributed by atoms with E-state index in [0.717, 1.165) is 15.7 Å². The second kappa shape index (κ2) is 10.8. The summed E-state index contributed by atoms with van der Waals surface area (Å²) >= 11 is 3.52. The van der Waals surface area contributed by atoms with Gasteiger partial charge in [0, 0.05) is 41.1 Å². The van der Waals surface area contributed by atoms with Crippen LogP contribution in [0.2, 0.25) is 18.6 Å². The Bertz CT molecular complexity index is 1170. The Balaban J connectivity index is 1.70. The van der Waals surface area contributed by atoms with Crippen LogP contribution in [0.3, 0.4) is 0 Å². The number of rotatable bonds is 9. The third-order valence-electron chi connectivity index (χ3n) is 7.55. The summed E-state index contributed by atoms with van der Waals surface area (Å²) in [6.45, 7) is 9.51. The predicted molar refractivity (Wildman–Crippen MR) is 148 cm³/mol. The van der Waals surface area contributed by atoms with Crippen LogP contribution >= 0.6 is 15.9 Å². The molecule has 1 fully saturated rings. The second-order valence-electron chi connectivity index (χ2n) is 10.4. The zero-order valence-electron chi connectivity index (χ0n) is 21.5. The summed E-state index contributed by atoms with van der Waals surface area (Å²) in [6.07, 6.45) is 0.818. The topological polar surface area (TPSA) is 70.1 Å². The number of hydrogen-bond acceptors (Lipinski definition) is 4. The fourth-order valence-corrected chi connectivity index (χ4v) is 8.90. The number of fused-ring (bicyclic) bond motifs is 2. The number of ether oxygens (including phenoxy) is 1. The normalized spacial score (nSPS) is 25.0. The van der Waals surface area contributed by atoms with Gasteiger partial charge in [0.1, 0.15) is 0 Å². The van der Waals surface area contributed by atoms with E-state index in [4.69, 9.17) is 4.74 Å². The molecular weight excluding hydrogens is 555 g/mol. The van der Waals surface area contributed by atoms with Crippen molar-refractivity contribution < 1.29 is 23.5 Å². The van der Waals surface area contributed by atoms with Crippen LogP contribution < -0.4 is 4.90 Å². The minimum atomic E-state index is -3.39. The van der Waals surface area contributed by atoms with Crippen molar-refractivity contribution in [2.24, 2.45) is 5.92 Å². The van der Waals surface area contributed by atoms with Crippen LogP contribution in [0, 0.1) is 5.92 Å². The van der Waals surface area contributed by atoms with Crippen molar-refractivity contribution >= 4 is 41.8 Å². The molecule has 4 rings (SSSR count). The third-order valence-corrected chi connectivity index (χ3v) is 10.5. The van der Waals surface area contributed by atoms with Crippen molar-refractivity contribution in [3.8, 4) is 0 Å². The predicted octanol–water partition coefficient (Wildman–Crippen LogP) is 5.17. The van der Waals surface area contributed by atoms with Crippen molar-refractivity contribution in [3.05, 3.63) is 76.8 Å². The molecule has 2 amide bonds. The number of aliphatic hydroxyl groups is 1. The van der Waals surface area contributed by atoms with Gasteiger partial charge in [0.15, 0.2) is 5.60 Å². The largest absolute Gasteiger partial charge is 0.395 e. The maximum atomic E-state index is 15.9. The van der Waals surface area contributed by atoms with Gasteiger partial charge in [0.05, 0.1) is 24.8 Å². The summed E-state index contributed by atoms with van der Waals surface area (Å²) in [7, 11) is -3.39. The van der Waals surface area contributed by atoms with Gasteiger partial charge < -0.3 is 23.8 Å². The van der Waals surface area contributed by atoms with Crippen LogP contribution in [0.15, 0.2) is 65.7 Å². The molecule has 0 radical (unpaired) electrons. The summed E-state index contributed by atoms with van der Waals surface area (Å²) < 4.78 is 23.4. The molecule has 1 spiro atoms. The lowest BCUT2D eigenvalue weighted by atomic mass is 9.82. The van der Waals surface area contributed by atoms with Gasteiger partial charge >= 0.3 is 0 Å². The van der Waals surface area contributed by atoms with Crippen LogP contribution in [-0.2, 0) is 26.5 Å². The van der Waals surface area contributed by atoms with E-state index >= 15 is 4.11 Å². The van der Waals surface area contributed by atoms with Crippen LogP contribution in [0.4, 0.5) is 9.80 Å². The Hall–Kier alpha value is -2.33. The average molecular weight is 590 g/mol. The maximum Gasteiger partial charge on any atom is 0.264 e. The Kier molecular flexibility index (Phi) is 8.09. The number of hydrogen-bond donors (Lipinski definition) is 1. The van der Waals surface area contributed by atoms with Crippen LogP contribution in [-0.4, -0.2) is 56.0 Å². The molecule has 4 atom stereocenters. The molecule has 37 heavy (non-hydrogen) atoms. The second-order valence-corrected chi connectivity index (χ2v) is 15.1. The molecule has 1 N–H and O–H groups in total. The lowest BCUT2D eigenvalue weighted by Gasteiger charge is -2.31. The van der Waals surface area contributed by atoms with E-state index in [1.807, 2.05) is 55.5 Å². The zero-order chi connectivity index (χ0) is 27.0. The molecule has 2 aliphatic rings. The SMILES string of the molecule is C=CCN1C(=O)[C@]2(O[C@H](CC(=O)N(CCO)Cc3ccccc3)[C@@H]([Si](C)(C)F)[C@@H]2C)c2cc(Br)ccc21. The van der Waals surface area contributed by atoms with Gasteiger partial charge in [-0.05, 0) is 36.9 Å². The van der Waals surface area contributed by atoms with E-state index in [9.17, 15) is 14.7 Å². The standard InChI is InChI=1S/C28H34BrFN2O4Si/c1-5-13-32-23-12-11-21(29)16-22(23)28(27(32)35)19(2)26(37(3,4)30)24(36-28)17-25(34)31(14-15-33)18-20-9-7-6-8-10-20/h5-12,16,19,24,26,33H,1,13-15,17-18H2,2-4H3/t19-,24+,26-,28+/m0/s1. The summed E-state index contributed by atoms with van der Waals surface area (Å²) in [6, 6.07) is 15.1. The fraction of sp³-hybridized carbons (Fsp3) is 0.429. The lowest BCUT2D eigenvalue weighted by Crippen LogP contribution is -2.45. The minimum absolute atomic E-state index is 0.0674. The van der Waals surface area contributed by atoms with E-state index in [0.29, 0.717) is 18.7 Å². The number of amides is 2. The van der Waals surface area contributed by atoms with Crippen molar-refractivity contribution in [3.63, 3.8) is 0 Å². The Morgan fingerprint density at radius 2 is 2.00 bits per heavy atom. The number of anilines is 1. The number of nitrogens with zero attached hydrogens (tertiary/aromatic N) is 2. The fourth-order valence-electron chi connectivity index (χ4n) is 6.05. The van der Waals surface area contributed by atoms with Crippen molar-refractivity contribution in [1.29, 1.82) is 0 Å². The first kappa shape index (κ1) is 27.7. The van der Waals surface area contributed by atoms with E-state index in [1.165, 1.54) is 0 Å². The molecule has 0 saturated carbocycles. The van der Waals surface area contributed by atoms with Gasteiger partial charge in [-0.3, -0.25) is 9.59 Å². The first-order valence-electron chi connectivity index (χ1n) is 12.6. The van der Waals surface area contributed by atoms with Gasteiger partial charge in [0.2, 0.25) is 14.3 Å². The quantitative estimate of drug-likeness (QED) is 0.249. The number of benzene rings is 2. The lowest BCUT2D eigenvalue weighted by molar-refractivity contribution is -0.149. The molecule has 0 bridgehead atoms. The molecule has 198 valence electrons. The molecule has 1 saturated heterocycles. The summed E-state index contributed by atoms with van der Waals surface area (Å²) in [4.78, 5) is 30.7. The molecule has 2 aliphatic heterocycles. The summed E-state index contributed by atoms with van der Waals surface area (Å²) in [5, 5.41) is 9.62. The van der Waals surface area contributed by atoms with Gasteiger partial charge in [-0.2, -0.15) is 0 Å². The molecule has 2 aromatic rings. The molecule has 2 aromatic carbocycles. The highest BCUT2D eigenvalue weighted by atomic mass is 79.9. The average Bonchev–Trinajstić information content (AvgIpc) is 3.26. The summed E-state index contributed by atoms with van der Waals surface area (Å²) in [5.74, 6) is -0.964. The molecule has 2 heterocycles. The smallest absolute Gasteiger partial charge is 0.264 e.